The zero-order valence-corrected chi connectivity index (χ0v) is 13.9. The van der Waals surface area contributed by atoms with E-state index in [2.05, 4.69) is 17.0 Å². The molecule has 1 heterocycles. The Morgan fingerprint density at radius 1 is 1.20 bits per heavy atom. The van der Waals surface area contributed by atoms with Crippen molar-refractivity contribution >= 4 is 5.91 Å². The lowest BCUT2D eigenvalue weighted by Crippen LogP contribution is -2.23. The summed E-state index contributed by atoms with van der Waals surface area (Å²) < 4.78 is 14.7. The molecule has 0 spiro atoms. The van der Waals surface area contributed by atoms with Crippen molar-refractivity contribution in [2.24, 2.45) is 0 Å². The molecule has 0 saturated carbocycles. The highest BCUT2D eigenvalue weighted by molar-refractivity contribution is 6.00. The van der Waals surface area contributed by atoms with Crippen LogP contribution in [0.25, 0.3) is 16.9 Å². The summed E-state index contributed by atoms with van der Waals surface area (Å²) in [6.07, 6.45) is 3.27. The molecule has 4 nitrogen and oxygen atoms in total. The maximum Gasteiger partial charge on any atom is 0.255 e. The van der Waals surface area contributed by atoms with Gasteiger partial charge in [-0.3, -0.25) is 4.79 Å². The molecule has 0 aliphatic heterocycles. The highest BCUT2D eigenvalue weighted by Gasteiger charge is 2.18. The van der Waals surface area contributed by atoms with Crippen LogP contribution < -0.4 is 5.32 Å². The summed E-state index contributed by atoms with van der Waals surface area (Å²) in [5.74, 6) is -0.553. The van der Waals surface area contributed by atoms with Crippen LogP contribution in [0.3, 0.4) is 0 Å². The Balaban J connectivity index is 2.07. The smallest absolute Gasteiger partial charge is 0.255 e. The van der Waals surface area contributed by atoms with Crippen molar-refractivity contribution in [3.8, 4) is 16.9 Å². The van der Waals surface area contributed by atoms with Gasteiger partial charge in [-0.2, -0.15) is 5.10 Å². The van der Waals surface area contributed by atoms with Crippen LogP contribution in [-0.4, -0.2) is 22.2 Å². The standard InChI is InChI=1S/C20H18FN3O/c1-3-12-22-20(25)18-13-24(17-10-8-16(21)9-11-17)23-19(18)15-6-4-14(2)5-7-15/h3-11,13H,1,12H2,2H3,(H,22,25). The zero-order valence-electron chi connectivity index (χ0n) is 13.9. The number of carbonyl (C=O) groups is 1. The van der Waals surface area contributed by atoms with Crippen LogP contribution in [0.4, 0.5) is 4.39 Å². The Hall–Kier alpha value is -3.21. The average molecular weight is 335 g/mol. The summed E-state index contributed by atoms with van der Waals surface area (Å²) in [4.78, 5) is 12.5. The van der Waals surface area contributed by atoms with E-state index in [9.17, 15) is 9.18 Å². The van der Waals surface area contributed by atoms with E-state index in [4.69, 9.17) is 0 Å². The number of hydrogen-bond acceptors (Lipinski definition) is 2. The van der Waals surface area contributed by atoms with Crippen molar-refractivity contribution in [1.29, 1.82) is 0 Å². The van der Waals surface area contributed by atoms with E-state index in [1.165, 1.54) is 12.1 Å². The van der Waals surface area contributed by atoms with Crippen molar-refractivity contribution in [2.45, 2.75) is 6.92 Å². The molecule has 0 unspecified atom stereocenters. The number of benzene rings is 2. The molecule has 0 atom stereocenters. The second-order valence-corrected chi connectivity index (χ2v) is 5.68. The van der Waals surface area contributed by atoms with E-state index in [0.29, 0.717) is 23.5 Å². The van der Waals surface area contributed by atoms with Crippen LogP contribution >= 0.6 is 0 Å². The molecule has 0 radical (unpaired) electrons. The third-order valence-electron chi connectivity index (χ3n) is 3.78. The van der Waals surface area contributed by atoms with Gasteiger partial charge in [-0.15, -0.1) is 6.58 Å². The molecular formula is C20H18FN3O. The molecule has 3 aromatic rings. The lowest BCUT2D eigenvalue weighted by Gasteiger charge is -2.03. The predicted molar refractivity (Wildman–Crippen MR) is 96.2 cm³/mol. The molecule has 3 rings (SSSR count). The molecule has 0 aliphatic carbocycles. The van der Waals surface area contributed by atoms with E-state index in [1.807, 2.05) is 31.2 Å². The SMILES string of the molecule is C=CCNC(=O)c1cn(-c2ccc(F)cc2)nc1-c1ccc(C)cc1. The highest BCUT2D eigenvalue weighted by atomic mass is 19.1. The number of carbonyl (C=O) groups excluding carboxylic acids is 1. The number of hydrogen-bond donors (Lipinski definition) is 1. The second kappa shape index (κ2) is 7.13. The minimum absolute atomic E-state index is 0.233. The maximum atomic E-state index is 13.2. The van der Waals surface area contributed by atoms with Gasteiger partial charge in [0, 0.05) is 18.3 Å². The number of amides is 1. The first-order valence-electron chi connectivity index (χ1n) is 7.90. The summed E-state index contributed by atoms with van der Waals surface area (Å²) in [5.41, 5.74) is 3.67. The van der Waals surface area contributed by atoms with E-state index in [0.717, 1.165) is 11.1 Å². The van der Waals surface area contributed by atoms with Gasteiger partial charge in [0.1, 0.15) is 11.5 Å². The number of rotatable bonds is 5. The quantitative estimate of drug-likeness (QED) is 0.719. The average Bonchev–Trinajstić information content (AvgIpc) is 3.06. The van der Waals surface area contributed by atoms with Gasteiger partial charge in [0.2, 0.25) is 0 Å². The first-order chi connectivity index (χ1) is 12.1. The van der Waals surface area contributed by atoms with Gasteiger partial charge in [0.05, 0.1) is 11.3 Å². The second-order valence-electron chi connectivity index (χ2n) is 5.68. The van der Waals surface area contributed by atoms with E-state index in [-0.39, 0.29) is 11.7 Å². The first-order valence-corrected chi connectivity index (χ1v) is 7.90. The van der Waals surface area contributed by atoms with Gasteiger partial charge in [-0.1, -0.05) is 35.9 Å². The van der Waals surface area contributed by atoms with Crippen LogP contribution in [0, 0.1) is 12.7 Å². The third-order valence-corrected chi connectivity index (χ3v) is 3.78. The number of aryl methyl sites for hydroxylation is 1. The fourth-order valence-corrected chi connectivity index (χ4v) is 2.45. The van der Waals surface area contributed by atoms with Crippen molar-refractivity contribution in [3.63, 3.8) is 0 Å². The number of nitrogens with zero attached hydrogens (tertiary/aromatic N) is 2. The molecule has 25 heavy (non-hydrogen) atoms. The molecular weight excluding hydrogens is 317 g/mol. The van der Waals surface area contributed by atoms with Gasteiger partial charge in [0.25, 0.3) is 5.91 Å². The summed E-state index contributed by atoms with van der Waals surface area (Å²) in [5, 5.41) is 7.32. The normalized spacial score (nSPS) is 10.5. The molecule has 2 aromatic carbocycles. The summed E-state index contributed by atoms with van der Waals surface area (Å²) in [6.45, 7) is 5.97. The fraction of sp³-hybridized carbons (Fsp3) is 0.100. The summed E-state index contributed by atoms with van der Waals surface area (Å²) in [6, 6.07) is 13.8. The van der Waals surface area contributed by atoms with Crippen LogP contribution in [0.15, 0.2) is 67.4 Å². The lowest BCUT2D eigenvalue weighted by molar-refractivity contribution is 0.0958. The lowest BCUT2D eigenvalue weighted by atomic mass is 10.1. The molecule has 0 fully saturated rings. The largest absolute Gasteiger partial charge is 0.348 e. The number of nitrogens with one attached hydrogen (secondary N) is 1. The minimum atomic E-state index is -0.321. The predicted octanol–water partition coefficient (Wildman–Crippen LogP) is 3.90. The first kappa shape index (κ1) is 16.6. The van der Waals surface area contributed by atoms with E-state index in [1.54, 1.807) is 29.1 Å². The topological polar surface area (TPSA) is 46.9 Å². The van der Waals surface area contributed by atoms with Crippen LogP contribution in [0.2, 0.25) is 0 Å². The van der Waals surface area contributed by atoms with Crippen molar-refractivity contribution in [2.75, 3.05) is 6.54 Å². The van der Waals surface area contributed by atoms with Gasteiger partial charge < -0.3 is 5.32 Å². The van der Waals surface area contributed by atoms with Crippen molar-refractivity contribution < 1.29 is 9.18 Å². The van der Waals surface area contributed by atoms with Gasteiger partial charge in [-0.25, -0.2) is 9.07 Å². The van der Waals surface area contributed by atoms with E-state index < -0.39 is 0 Å². The van der Waals surface area contributed by atoms with Crippen molar-refractivity contribution in [3.05, 3.63) is 84.3 Å². The van der Waals surface area contributed by atoms with Gasteiger partial charge in [-0.05, 0) is 31.2 Å². The monoisotopic (exact) mass is 335 g/mol. The minimum Gasteiger partial charge on any atom is -0.348 e. The Labute approximate surface area is 145 Å². The van der Waals surface area contributed by atoms with Crippen LogP contribution in [0.5, 0.6) is 0 Å². The van der Waals surface area contributed by atoms with Gasteiger partial charge >= 0.3 is 0 Å². The van der Waals surface area contributed by atoms with Crippen LogP contribution in [0.1, 0.15) is 15.9 Å². The molecule has 0 saturated heterocycles. The molecule has 126 valence electrons. The molecule has 1 N–H and O–H groups in total. The number of halogens is 1. The molecule has 1 aromatic heterocycles. The Kier molecular flexibility index (Phi) is 4.75. The Morgan fingerprint density at radius 2 is 1.88 bits per heavy atom. The van der Waals surface area contributed by atoms with Crippen molar-refractivity contribution in [1.82, 2.24) is 15.1 Å². The highest BCUT2D eigenvalue weighted by Crippen LogP contribution is 2.24. The summed E-state index contributed by atoms with van der Waals surface area (Å²) >= 11 is 0. The van der Waals surface area contributed by atoms with Gasteiger partial charge in [0.15, 0.2) is 0 Å². The third kappa shape index (κ3) is 3.66. The Morgan fingerprint density at radius 3 is 2.52 bits per heavy atom. The molecule has 1 amide bonds. The van der Waals surface area contributed by atoms with Crippen LogP contribution in [-0.2, 0) is 0 Å². The molecule has 5 heteroatoms. The zero-order chi connectivity index (χ0) is 17.8. The molecule has 0 bridgehead atoms. The number of aromatic nitrogens is 2. The summed E-state index contributed by atoms with van der Waals surface area (Å²) in [7, 11) is 0. The Bertz CT molecular complexity index is 896. The molecule has 0 aliphatic rings. The van der Waals surface area contributed by atoms with E-state index >= 15 is 0 Å². The fourth-order valence-electron chi connectivity index (χ4n) is 2.45. The maximum absolute atomic E-state index is 13.2.